The highest BCUT2D eigenvalue weighted by molar-refractivity contribution is 5.59. The van der Waals surface area contributed by atoms with Gasteiger partial charge >= 0.3 is 0 Å². The van der Waals surface area contributed by atoms with Gasteiger partial charge in [-0.1, -0.05) is 60.7 Å². The van der Waals surface area contributed by atoms with Crippen molar-refractivity contribution in [3.05, 3.63) is 96.1 Å². The number of nitrogens with zero attached hydrogens (tertiary/aromatic N) is 1. The average molecular weight is 332 g/mol. The lowest BCUT2D eigenvalue weighted by molar-refractivity contribution is 0.124. The molecule has 0 saturated carbocycles. The minimum Gasteiger partial charge on any atom is -0.387 e. The molecule has 25 heavy (non-hydrogen) atoms. The van der Waals surface area contributed by atoms with E-state index in [0.29, 0.717) is 6.54 Å². The Morgan fingerprint density at radius 1 is 0.800 bits per heavy atom. The first kappa shape index (κ1) is 17.2. The highest BCUT2D eigenvalue weighted by Crippen LogP contribution is 2.18. The molecule has 3 aromatic carbocycles. The average Bonchev–Trinajstić information content (AvgIpc) is 2.65. The summed E-state index contributed by atoms with van der Waals surface area (Å²) in [5, 5.41) is 13.7. The third-order valence-corrected chi connectivity index (χ3v) is 4.14. The van der Waals surface area contributed by atoms with E-state index in [1.54, 1.807) is 0 Å². The van der Waals surface area contributed by atoms with Crippen molar-refractivity contribution in [3.8, 4) is 0 Å². The molecule has 128 valence electrons. The van der Waals surface area contributed by atoms with Crippen LogP contribution in [0.25, 0.3) is 0 Å². The molecule has 3 nitrogen and oxygen atoms in total. The van der Waals surface area contributed by atoms with Crippen LogP contribution in [0.3, 0.4) is 0 Å². The summed E-state index contributed by atoms with van der Waals surface area (Å²) in [6, 6.07) is 28.4. The summed E-state index contributed by atoms with van der Waals surface area (Å²) in [4.78, 5) is 2.14. The minimum absolute atomic E-state index is 0.467. The van der Waals surface area contributed by atoms with Gasteiger partial charge in [0.05, 0.1) is 6.10 Å². The number of hydrogen-bond acceptors (Lipinski definition) is 3. The first-order chi connectivity index (χ1) is 12.2. The molecule has 3 heteroatoms. The van der Waals surface area contributed by atoms with Crippen LogP contribution in [0.4, 0.5) is 11.4 Å². The molecule has 3 aromatic rings. The Kier molecular flexibility index (Phi) is 5.83. The smallest absolute Gasteiger partial charge is 0.0916 e. The molecule has 2 N–H and O–H groups in total. The third kappa shape index (κ3) is 5.18. The summed E-state index contributed by atoms with van der Waals surface area (Å²) in [5.41, 5.74) is 4.33. The maximum atomic E-state index is 10.3. The van der Waals surface area contributed by atoms with Gasteiger partial charge < -0.3 is 10.4 Å². The zero-order chi connectivity index (χ0) is 17.5. The molecule has 0 saturated heterocycles. The fourth-order valence-corrected chi connectivity index (χ4v) is 2.83. The number of rotatable bonds is 7. The van der Waals surface area contributed by atoms with E-state index in [4.69, 9.17) is 0 Å². The number of aliphatic hydroxyl groups excluding tert-OH is 1. The van der Waals surface area contributed by atoms with Crippen LogP contribution in [-0.2, 0) is 6.54 Å². The molecule has 1 unspecified atom stereocenters. The van der Waals surface area contributed by atoms with Gasteiger partial charge in [-0.05, 0) is 42.4 Å². The molecule has 0 aromatic heterocycles. The zero-order valence-electron chi connectivity index (χ0n) is 14.5. The number of likely N-dealkylation sites (N-methyl/N-ethyl adjacent to an activating group) is 1. The van der Waals surface area contributed by atoms with E-state index in [1.807, 2.05) is 67.7 Å². The van der Waals surface area contributed by atoms with E-state index < -0.39 is 6.10 Å². The van der Waals surface area contributed by atoms with Crippen LogP contribution in [0.2, 0.25) is 0 Å². The summed E-state index contributed by atoms with van der Waals surface area (Å²) in [7, 11) is 2.03. The van der Waals surface area contributed by atoms with Crippen molar-refractivity contribution in [2.45, 2.75) is 12.6 Å². The number of anilines is 2. The molecule has 0 amide bonds. The summed E-state index contributed by atoms with van der Waals surface area (Å²) in [6.45, 7) is 1.41. The number of hydrogen-bond donors (Lipinski definition) is 2. The van der Waals surface area contributed by atoms with E-state index in [9.17, 15) is 5.11 Å². The molecule has 0 radical (unpaired) electrons. The zero-order valence-corrected chi connectivity index (χ0v) is 14.5. The quantitative estimate of drug-likeness (QED) is 0.664. The fourth-order valence-electron chi connectivity index (χ4n) is 2.83. The van der Waals surface area contributed by atoms with Gasteiger partial charge in [-0.3, -0.25) is 4.90 Å². The fraction of sp³-hybridized carbons (Fsp3) is 0.182. The SMILES string of the molecule is CN(Cc1ccc(Nc2ccccc2)cc1)CC(O)c1ccccc1. The van der Waals surface area contributed by atoms with Crippen LogP contribution in [0.5, 0.6) is 0 Å². The van der Waals surface area contributed by atoms with Crippen molar-refractivity contribution in [1.82, 2.24) is 4.90 Å². The molecular weight excluding hydrogens is 308 g/mol. The van der Waals surface area contributed by atoms with Crippen LogP contribution in [0.1, 0.15) is 17.2 Å². The molecule has 3 rings (SSSR count). The van der Waals surface area contributed by atoms with Crippen molar-refractivity contribution in [2.24, 2.45) is 0 Å². The van der Waals surface area contributed by atoms with E-state index in [2.05, 4.69) is 34.5 Å². The van der Waals surface area contributed by atoms with Gasteiger partial charge in [-0.2, -0.15) is 0 Å². The second-order valence-electron chi connectivity index (χ2n) is 6.31. The van der Waals surface area contributed by atoms with Gasteiger partial charge in [0.25, 0.3) is 0 Å². The lowest BCUT2D eigenvalue weighted by atomic mass is 10.1. The lowest BCUT2D eigenvalue weighted by Crippen LogP contribution is -2.24. The third-order valence-electron chi connectivity index (χ3n) is 4.14. The van der Waals surface area contributed by atoms with Gasteiger partial charge in [0.15, 0.2) is 0 Å². The van der Waals surface area contributed by atoms with Gasteiger partial charge in [0, 0.05) is 24.5 Å². The molecule has 0 fully saturated rings. The van der Waals surface area contributed by atoms with Crippen molar-refractivity contribution >= 4 is 11.4 Å². The predicted molar refractivity (Wildman–Crippen MR) is 104 cm³/mol. The Morgan fingerprint density at radius 2 is 1.36 bits per heavy atom. The van der Waals surface area contributed by atoms with Crippen LogP contribution >= 0.6 is 0 Å². The van der Waals surface area contributed by atoms with E-state index in [0.717, 1.165) is 23.5 Å². The van der Waals surface area contributed by atoms with E-state index in [-0.39, 0.29) is 0 Å². The van der Waals surface area contributed by atoms with Crippen molar-refractivity contribution < 1.29 is 5.11 Å². The minimum atomic E-state index is -0.467. The standard InChI is InChI=1S/C22H24N2O/c1-24(17-22(25)19-8-4-2-5-9-19)16-18-12-14-21(15-13-18)23-20-10-6-3-7-11-20/h2-15,22-23,25H,16-17H2,1H3. The molecule has 1 atom stereocenters. The van der Waals surface area contributed by atoms with Crippen LogP contribution in [0, 0.1) is 0 Å². The molecule has 0 spiro atoms. The highest BCUT2D eigenvalue weighted by atomic mass is 16.3. The molecular formula is C22H24N2O. The van der Waals surface area contributed by atoms with Crippen LogP contribution < -0.4 is 5.32 Å². The summed E-state index contributed by atoms with van der Waals surface area (Å²) in [6.07, 6.45) is -0.467. The molecule has 0 heterocycles. The molecule has 0 bridgehead atoms. The Bertz CT molecular complexity index is 757. The number of nitrogens with one attached hydrogen (secondary N) is 1. The Morgan fingerprint density at radius 3 is 2.00 bits per heavy atom. The first-order valence-electron chi connectivity index (χ1n) is 8.53. The van der Waals surface area contributed by atoms with Gasteiger partial charge in [0.2, 0.25) is 0 Å². The van der Waals surface area contributed by atoms with Gasteiger partial charge in [-0.25, -0.2) is 0 Å². The van der Waals surface area contributed by atoms with E-state index >= 15 is 0 Å². The monoisotopic (exact) mass is 332 g/mol. The molecule has 0 aliphatic heterocycles. The number of benzene rings is 3. The topological polar surface area (TPSA) is 35.5 Å². The second kappa shape index (κ2) is 8.47. The van der Waals surface area contributed by atoms with Gasteiger partial charge in [0.1, 0.15) is 0 Å². The first-order valence-corrected chi connectivity index (χ1v) is 8.53. The Balaban J connectivity index is 1.54. The summed E-state index contributed by atoms with van der Waals surface area (Å²) < 4.78 is 0. The van der Waals surface area contributed by atoms with Crippen molar-refractivity contribution in [2.75, 3.05) is 18.9 Å². The second-order valence-corrected chi connectivity index (χ2v) is 6.31. The number of aliphatic hydroxyl groups is 1. The summed E-state index contributed by atoms with van der Waals surface area (Å²) in [5.74, 6) is 0. The Labute approximate surface area is 149 Å². The highest BCUT2D eigenvalue weighted by Gasteiger charge is 2.10. The molecule has 0 aliphatic carbocycles. The van der Waals surface area contributed by atoms with Crippen LogP contribution in [0.15, 0.2) is 84.9 Å². The predicted octanol–water partition coefficient (Wildman–Crippen LogP) is 4.60. The van der Waals surface area contributed by atoms with Crippen molar-refractivity contribution in [1.29, 1.82) is 0 Å². The normalized spacial score (nSPS) is 12.1. The van der Waals surface area contributed by atoms with Crippen LogP contribution in [-0.4, -0.2) is 23.6 Å². The van der Waals surface area contributed by atoms with Crippen molar-refractivity contribution in [3.63, 3.8) is 0 Å². The van der Waals surface area contributed by atoms with Gasteiger partial charge in [-0.15, -0.1) is 0 Å². The molecule has 0 aliphatic rings. The largest absolute Gasteiger partial charge is 0.387 e. The number of para-hydroxylation sites is 1. The van der Waals surface area contributed by atoms with E-state index in [1.165, 1.54) is 5.56 Å². The lowest BCUT2D eigenvalue weighted by Gasteiger charge is -2.21. The summed E-state index contributed by atoms with van der Waals surface area (Å²) >= 11 is 0. The maximum Gasteiger partial charge on any atom is 0.0916 e. The maximum absolute atomic E-state index is 10.3. The Hall–Kier alpha value is -2.62.